The molecule has 1 rings (SSSR count). The van der Waals surface area contributed by atoms with Gasteiger partial charge in [-0.15, -0.1) is 0 Å². The summed E-state index contributed by atoms with van der Waals surface area (Å²) in [5.41, 5.74) is 0. The van der Waals surface area contributed by atoms with Crippen molar-refractivity contribution in [3.05, 3.63) is 12.2 Å². The predicted molar refractivity (Wildman–Crippen MR) is 59.5 cm³/mol. The molecule has 0 radical (unpaired) electrons. The second kappa shape index (κ2) is 8.01. The topological polar surface area (TPSA) is 77.8 Å². The van der Waals surface area contributed by atoms with E-state index in [4.69, 9.17) is 10.2 Å². The number of carbonyl (C=O) groups excluding carboxylic acids is 2. The molecule has 16 heavy (non-hydrogen) atoms. The van der Waals surface area contributed by atoms with E-state index in [1.165, 1.54) is 12.2 Å². The number of amides is 2. The van der Waals surface area contributed by atoms with Gasteiger partial charge < -0.3 is 10.2 Å². The number of aliphatic hydroxyl groups is 2. The first kappa shape index (κ1) is 14.8. The summed E-state index contributed by atoms with van der Waals surface area (Å²) in [4.78, 5) is 22.3. The van der Waals surface area contributed by atoms with Gasteiger partial charge in [0.1, 0.15) is 0 Å². The van der Waals surface area contributed by atoms with E-state index in [1.54, 1.807) is 0 Å². The molecular formula is C11H19NO4. The molecule has 0 fully saturated rings. The first-order chi connectivity index (χ1) is 7.52. The highest BCUT2D eigenvalue weighted by molar-refractivity contribution is 6.12. The molecule has 1 aliphatic rings. The van der Waals surface area contributed by atoms with Gasteiger partial charge in [0.05, 0.1) is 13.2 Å². The number of aliphatic hydroxyl groups excluding tert-OH is 2. The number of imide groups is 1. The molecule has 1 aliphatic heterocycles. The van der Waals surface area contributed by atoms with Crippen LogP contribution in [0.3, 0.4) is 0 Å². The van der Waals surface area contributed by atoms with Crippen molar-refractivity contribution in [2.24, 2.45) is 5.92 Å². The van der Waals surface area contributed by atoms with Crippen LogP contribution in [0.15, 0.2) is 12.2 Å². The van der Waals surface area contributed by atoms with Gasteiger partial charge >= 0.3 is 0 Å². The summed E-state index contributed by atoms with van der Waals surface area (Å²) in [6.07, 6.45) is 3.32. The maximum atomic E-state index is 10.7. The summed E-state index contributed by atoms with van der Waals surface area (Å²) in [5, 5.41) is 16.6. The molecule has 5 nitrogen and oxygen atoms in total. The molecule has 1 heterocycles. The van der Waals surface area contributed by atoms with Crippen LogP contribution in [0.5, 0.6) is 0 Å². The normalized spacial score (nSPS) is 14.4. The van der Waals surface area contributed by atoms with Gasteiger partial charge in [-0.1, -0.05) is 13.8 Å². The van der Waals surface area contributed by atoms with Crippen LogP contribution in [0, 0.1) is 5.92 Å². The van der Waals surface area contributed by atoms with E-state index in [2.05, 4.69) is 13.8 Å². The Bertz CT molecular complexity index is 243. The maximum absolute atomic E-state index is 10.7. The van der Waals surface area contributed by atoms with E-state index in [0.29, 0.717) is 12.5 Å². The van der Waals surface area contributed by atoms with Crippen LogP contribution in [0.2, 0.25) is 0 Å². The van der Waals surface area contributed by atoms with Crippen LogP contribution in [-0.2, 0) is 9.59 Å². The zero-order valence-electron chi connectivity index (χ0n) is 9.72. The molecule has 0 saturated carbocycles. The summed E-state index contributed by atoms with van der Waals surface area (Å²) < 4.78 is 0. The highest BCUT2D eigenvalue weighted by Gasteiger charge is 2.21. The van der Waals surface area contributed by atoms with Crippen molar-refractivity contribution in [1.29, 1.82) is 0 Å². The molecule has 0 spiro atoms. The molecule has 2 N–H and O–H groups in total. The molecule has 92 valence electrons. The fourth-order valence-corrected chi connectivity index (χ4v) is 1.01. The largest absolute Gasteiger partial charge is 0.396 e. The lowest BCUT2D eigenvalue weighted by molar-refractivity contribution is -0.137. The van der Waals surface area contributed by atoms with E-state index in [0.717, 1.165) is 11.3 Å². The number of carbonyl (C=O) groups is 2. The molecule has 0 aromatic heterocycles. The fourth-order valence-electron chi connectivity index (χ4n) is 1.01. The third-order valence-corrected chi connectivity index (χ3v) is 1.93. The van der Waals surface area contributed by atoms with Crippen LogP contribution in [0.4, 0.5) is 0 Å². The number of β-amino-alcohol motifs (C(OH)–C–C–N with tert-alkyl or cyclic N) is 1. The monoisotopic (exact) mass is 229 g/mol. The van der Waals surface area contributed by atoms with Gasteiger partial charge in [0.25, 0.3) is 11.8 Å². The van der Waals surface area contributed by atoms with E-state index in [1.807, 2.05) is 0 Å². The van der Waals surface area contributed by atoms with Crippen LogP contribution >= 0.6 is 0 Å². The van der Waals surface area contributed by atoms with Crippen molar-refractivity contribution in [2.45, 2.75) is 20.3 Å². The summed E-state index contributed by atoms with van der Waals surface area (Å²) in [5.74, 6) is -0.0481. The van der Waals surface area contributed by atoms with Crippen molar-refractivity contribution >= 4 is 11.8 Å². The third-order valence-electron chi connectivity index (χ3n) is 1.93. The average molecular weight is 229 g/mol. The fraction of sp³-hybridized carbons (Fsp3) is 0.636. The Morgan fingerprint density at radius 2 is 1.62 bits per heavy atom. The Balaban J connectivity index is 0.000000325. The minimum Gasteiger partial charge on any atom is -0.396 e. The zero-order valence-corrected chi connectivity index (χ0v) is 9.72. The van der Waals surface area contributed by atoms with Gasteiger partial charge in [-0.05, 0) is 12.3 Å². The standard InChI is InChI=1S/C6H7NO3.C5H12O/c8-4-3-7-5(9)1-2-6(7)10;1-5(2)3-4-6/h1-2,8H,3-4H2;5-6H,3-4H2,1-2H3. The number of hydrogen-bond donors (Lipinski definition) is 2. The second-order valence-electron chi connectivity index (χ2n) is 3.79. The van der Waals surface area contributed by atoms with Crippen LogP contribution in [-0.4, -0.2) is 46.7 Å². The highest BCUT2D eigenvalue weighted by Crippen LogP contribution is 2.01. The Labute approximate surface area is 95.4 Å². The van der Waals surface area contributed by atoms with Gasteiger partial charge in [-0.2, -0.15) is 0 Å². The van der Waals surface area contributed by atoms with Crippen LogP contribution < -0.4 is 0 Å². The Morgan fingerprint density at radius 1 is 1.12 bits per heavy atom. The van der Waals surface area contributed by atoms with Crippen molar-refractivity contribution < 1.29 is 19.8 Å². The lowest BCUT2D eigenvalue weighted by Gasteiger charge is -2.10. The minimum absolute atomic E-state index is 0.0880. The van der Waals surface area contributed by atoms with Crippen molar-refractivity contribution in [3.63, 3.8) is 0 Å². The maximum Gasteiger partial charge on any atom is 0.253 e. The minimum atomic E-state index is -0.348. The number of hydrogen-bond acceptors (Lipinski definition) is 4. The van der Waals surface area contributed by atoms with Gasteiger partial charge in [-0.3, -0.25) is 14.5 Å². The smallest absolute Gasteiger partial charge is 0.253 e. The summed E-state index contributed by atoms with van der Waals surface area (Å²) >= 11 is 0. The number of nitrogens with zero attached hydrogens (tertiary/aromatic N) is 1. The van der Waals surface area contributed by atoms with E-state index in [-0.39, 0.29) is 25.0 Å². The molecule has 0 atom stereocenters. The molecule has 2 amide bonds. The average Bonchev–Trinajstić information content (AvgIpc) is 2.51. The SMILES string of the molecule is CC(C)CCO.O=C1C=CC(=O)N1CCO. The Kier molecular flexibility index (Phi) is 7.41. The predicted octanol–water partition coefficient (Wildman–Crippen LogP) is -0.0715. The molecular weight excluding hydrogens is 210 g/mol. The molecule has 0 unspecified atom stereocenters. The van der Waals surface area contributed by atoms with Gasteiger partial charge in [0.15, 0.2) is 0 Å². The van der Waals surface area contributed by atoms with Crippen molar-refractivity contribution in [2.75, 3.05) is 19.8 Å². The Hall–Kier alpha value is -1.20. The van der Waals surface area contributed by atoms with Gasteiger partial charge in [0, 0.05) is 18.8 Å². The van der Waals surface area contributed by atoms with Gasteiger partial charge in [0.2, 0.25) is 0 Å². The third kappa shape index (κ3) is 5.63. The summed E-state index contributed by atoms with van der Waals surface area (Å²) in [7, 11) is 0. The zero-order chi connectivity index (χ0) is 12.6. The molecule has 0 aromatic rings. The first-order valence-electron chi connectivity index (χ1n) is 5.28. The lowest BCUT2D eigenvalue weighted by atomic mass is 10.2. The Morgan fingerprint density at radius 3 is 1.88 bits per heavy atom. The van der Waals surface area contributed by atoms with Crippen molar-refractivity contribution in [1.82, 2.24) is 4.90 Å². The first-order valence-corrected chi connectivity index (χ1v) is 5.28. The highest BCUT2D eigenvalue weighted by atomic mass is 16.3. The van der Waals surface area contributed by atoms with Crippen LogP contribution in [0.25, 0.3) is 0 Å². The molecule has 5 heteroatoms. The van der Waals surface area contributed by atoms with E-state index in [9.17, 15) is 9.59 Å². The molecule has 0 aliphatic carbocycles. The second-order valence-corrected chi connectivity index (χ2v) is 3.79. The molecule has 0 bridgehead atoms. The van der Waals surface area contributed by atoms with Gasteiger partial charge in [-0.25, -0.2) is 0 Å². The lowest BCUT2D eigenvalue weighted by Crippen LogP contribution is -2.32. The van der Waals surface area contributed by atoms with Crippen LogP contribution in [0.1, 0.15) is 20.3 Å². The quantitative estimate of drug-likeness (QED) is 0.661. The molecule has 0 aromatic carbocycles. The van der Waals surface area contributed by atoms with Crippen molar-refractivity contribution in [3.8, 4) is 0 Å². The van der Waals surface area contributed by atoms with E-state index < -0.39 is 0 Å². The number of rotatable bonds is 4. The molecule has 0 saturated heterocycles. The summed E-state index contributed by atoms with van der Waals surface area (Å²) in [6.45, 7) is 4.42. The van der Waals surface area contributed by atoms with E-state index >= 15 is 0 Å². The summed E-state index contributed by atoms with van der Waals surface area (Å²) in [6, 6.07) is 0.